The van der Waals surface area contributed by atoms with Crippen molar-refractivity contribution in [3.63, 3.8) is 0 Å². The smallest absolute Gasteiger partial charge is 0.262 e. The van der Waals surface area contributed by atoms with Gasteiger partial charge in [0.1, 0.15) is 5.82 Å². The molecular formula is C21H33N7O2S. The fourth-order valence-electron chi connectivity index (χ4n) is 4.36. The fraction of sp³-hybridized carbons (Fsp3) is 0.667. The van der Waals surface area contributed by atoms with Crippen LogP contribution in [-0.4, -0.2) is 71.7 Å². The summed E-state index contributed by atoms with van der Waals surface area (Å²) in [5.41, 5.74) is 0. The normalized spacial score (nSPS) is 19.1. The number of imidazole rings is 1. The molecule has 2 fully saturated rings. The average molecular weight is 448 g/mol. The van der Waals surface area contributed by atoms with Crippen LogP contribution in [0, 0.1) is 0 Å². The largest absolute Gasteiger partial charge is 0.355 e. The van der Waals surface area contributed by atoms with Crippen molar-refractivity contribution in [2.24, 2.45) is 7.05 Å². The molecule has 0 spiro atoms. The van der Waals surface area contributed by atoms with Crippen molar-refractivity contribution < 1.29 is 8.42 Å². The lowest BCUT2D eigenvalue weighted by Crippen LogP contribution is -2.49. The molecule has 0 atom stereocenters. The van der Waals surface area contributed by atoms with Crippen LogP contribution < -0.4 is 9.80 Å². The van der Waals surface area contributed by atoms with Crippen molar-refractivity contribution in [3.05, 3.63) is 24.2 Å². The number of aryl methyl sites for hydroxylation is 1. The van der Waals surface area contributed by atoms with Gasteiger partial charge in [0.2, 0.25) is 0 Å². The summed E-state index contributed by atoms with van der Waals surface area (Å²) in [6.45, 7) is 8.08. The van der Waals surface area contributed by atoms with Crippen LogP contribution >= 0.6 is 0 Å². The third-order valence-corrected chi connectivity index (χ3v) is 7.91. The third-order valence-electron chi connectivity index (χ3n) is 6.14. The van der Waals surface area contributed by atoms with E-state index in [2.05, 4.69) is 25.0 Å². The lowest BCUT2D eigenvalue weighted by molar-refractivity contribution is 0.382. The van der Waals surface area contributed by atoms with Gasteiger partial charge in [0.15, 0.2) is 16.7 Å². The monoisotopic (exact) mass is 447 g/mol. The number of anilines is 2. The second kappa shape index (κ2) is 9.12. The van der Waals surface area contributed by atoms with Crippen LogP contribution in [0.3, 0.4) is 0 Å². The van der Waals surface area contributed by atoms with Crippen molar-refractivity contribution in [3.8, 4) is 0 Å². The SMILES string of the molecule is CC(C)c1nc(S(=O)(=O)N2CCN(c3ccc(N4CCCCCC4)nn3)CC2)cn1C. The Morgan fingerprint density at radius 3 is 1.87 bits per heavy atom. The molecule has 4 rings (SSSR count). The van der Waals surface area contributed by atoms with Crippen LogP contribution in [0.2, 0.25) is 0 Å². The Kier molecular flexibility index (Phi) is 6.47. The van der Waals surface area contributed by atoms with Gasteiger partial charge in [0.25, 0.3) is 10.0 Å². The molecule has 31 heavy (non-hydrogen) atoms. The quantitative estimate of drug-likeness (QED) is 0.694. The van der Waals surface area contributed by atoms with Crippen LogP contribution in [-0.2, 0) is 17.1 Å². The van der Waals surface area contributed by atoms with Gasteiger partial charge in [-0.25, -0.2) is 13.4 Å². The molecule has 0 amide bonds. The number of piperazine rings is 1. The molecule has 4 heterocycles. The maximum absolute atomic E-state index is 13.1. The van der Waals surface area contributed by atoms with Gasteiger partial charge in [0, 0.05) is 58.4 Å². The summed E-state index contributed by atoms with van der Waals surface area (Å²) < 4.78 is 29.5. The highest BCUT2D eigenvalue weighted by atomic mass is 32.2. The van der Waals surface area contributed by atoms with E-state index in [0.29, 0.717) is 26.2 Å². The zero-order valence-electron chi connectivity index (χ0n) is 18.7. The van der Waals surface area contributed by atoms with E-state index in [9.17, 15) is 8.42 Å². The first-order chi connectivity index (χ1) is 14.9. The standard InChI is InChI=1S/C21H33N7O2S/c1-17(2)21-22-20(16-25(21)3)31(29,30)28-14-12-27(13-15-28)19-9-8-18(23-24-19)26-10-6-4-5-7-11-26/h8-9,16-17H,4-7,10-15H2,1-3H3. The molecule has 0 radical (unpaired) electrons. The molecule has 0 aromatic carbocycles. The molecule has 2 aliphatic heterocycles. The summed E-state index contributed by atoms with van der Waals surface area (Å²) in [5, 5.41) is 9.02. The van der Waals surface area contributed by atoms with E-state index in [1.54, 1.807) is 10.8 Å². The maximum Gasteiger partial charge on any atom is 0.262 e. The van der Waals surface area contributed by atoms with Gasteiger partial charge in [-0.1, -0.05) is 26.7 Å². The summed E-state index contributed by atoms with van der Waals surface area (Å²) in [7, 11) is -1.75. The summed E-state index contributed by atoms with van der Waals surface area (Å²) in [6.07, 6.45) is 6.59. The predicted molar refractivity (Wildman–Crippen MR) is 121 cm³/mol. The molecule has 0 aliphatic carbocycles. The van der Waals surface area contributed by atoms with Gasteiger partial charge in [-0.2, -0.15) is 4.31 Å². The van der Waals surface area contributed by atoms with Gasteiger partial charge < -0.3 is 14.4 Å². The predicted octanol–water partition coefficient (Wildman–Crippen LogP) is 2.22. The van der Waals surface area contributed by atoms with E-state index in [1.165, 1.54) is 30.0 Å². The maximum atomic E-state index is 13.1. The van der Waals surface area contributed by atoms with E-state index in [4.69, 9.17) is 0 Å². The highest BCUT2D eigenvalue weighted by Crippen LogP contribution is 2.23. The van der Waals surface area contributed by atoms with Crippen LogP contribution in [0.5, 0.6) is 0 Å². The second-order valence-corrected chi connectivity index (χ2v) is 10.6. The zero-order chi connectivity index (χ0) is 22.0. The second-order valence-electron chi connectivity index (χ2n) is 8.75. The summed E-state index contributed by atoms with van der Waals surface area (Å²) in [6, 6.07) is 4.04. The molecule has 0 saturated carbocycles. The van der Waals surface area contributed by atoms with Crippen LogP contribution in [0.25, 0.3) is 0 Å². The van der Waals surface area contributed by atoms with Gasteiger partial charge in [0.05, 0.1) is 0 Å². The minimum Gasteiger partial charge on any atom is -0.355 e. The Balaban J connectivity index is 1.39. The molecule has 2 aromatic rings. The zero-order valence-corrected chi connectivity index (χ0v) is 19.6. The molecule has 2 aromatic heterocycles. The Bertz CT molecular complexity index is 972. The molecule has 9 nitrogen and oxygen atoms in total. The van der Waals surface area contributed by atoms with Gasteiger partial charge >= 0.3 is 0 Å². The van der Waals surface area contributed by atoms with Crippen LogP contribution in [0.1, 0.15) is 51.3 Å². The van der Waals surface area contributed by atoms with Gasteiger partial charge in [-0.3, -0.25) is 0 Å². The number of sulfonamides is 1. The minimum atomic E-state index is -3.60. The molecule has 0 unspecified atom stereocenters. The van der Waals surface area contributed by atoms with Crippen molar-refractivity contribution in [2.45, 2.75) is 50.5 Å². The van der Waals surface area contributed by atoms with E-state index in [0.717, 1.165) is 30.5 Å². The molecule has 170 valence electrons. The number of nitrogens with zero attached hydrogens (tertiary/aromatic N) is 7. The third kappa shape index (κ3) is 4.69. The highest BCUT2D eigenvalue weighted by Gasteiger charge is 2.31. The first-order valence-electron chi connectivity index (χ1n) is 11.2. The van der Waals surface area contributed by atoms with E-state index in [-0.39, 0.29) is 10.9 Å². The highest BCUT2D eigenvalue weighted by molar-refractivity contribution is 7.89. The topological polar surface area (TPSA) is 87.5 Å². The van der Waals surface area contributed by atoms with E-state index < -0.39 is 10.0 Å². The fourth-order valence-corrected chi connectivity index (χ4v) is 5.77. The average Bonchev–Trinajstić information content (AvgIpc) is 2.98. The summed E-state index contributed by atoms with van der Waals surface area (Å²) in [4.78, 5) is 8.80. The number of hydrogen-bond donors (Lipinski definition) is 0. The molecule has 0 N–H and O–H groups in total. The Labute approximate surface area is 185 Å². The summed E-state index contributed by atoms with van der Waals surface area (Å²) >= 11 is 0. The lowest BCUT2D eigenvalue weighted by atomic mass is 10.2. The Morgan fingerprint density at radius 1 is 0.839 bits per heavy atom. The molecule has 0 bridgehead atoms. The van der Waals surface area contributed by atoms with Crippen molar-refractivity contribution in [2.75, 3.05) is 49.1 Å². The number of hydrogen-bond acceptors (Lipinski definition) is 7. The molecule has 10 heteroatoms. The number of rotatable bonds is 5. The molecule has 2 aliphatic rings. The molecular weight excluding hydrogens is 414 g/mol. The van der Waals surface area contributed by atoms with Gasteiger partial charge in [-0.05, 0) is 25.0 Å². The first kappa shape index (κ1) is 22.0. The van der Waals surface area contributed by atoms with Crippen LogP contribution in [0.4, 0.5) is 11.6 Å². The Morgan fingerprint density at radius 2 is 1.39 bits per heavy atom. The van der Waals surface area contributed by atoms with Crippen molar-refractivity contribution >= 4 is 21.7 Å². The Hall–Kier alpha value is -2.20. The van der Waals surface area contributed by atoms with Crippen LogP contribution in [0.15, 0.2) is 23.4 Å². The van der Waals surface area contributed by atoms with Gasteiger partial charge in [-0.15, -0.1) is 10.2 Å². The summed E-state index contributed by atoms with van der Waals surface area (Å²) in [5.74, 6) is 2.68. The lowest BCUT2D eigenvalue weighted by Gasteiger charge is -2.34. The van der Waals surface area contributed by atoms with Crippen molar-refractivity contribution in [1.82, 2.24) is 24.1 Å². The van der Waals surface area contributed by atoms with E-state index in [1.807, 2.05) is 33.0 Å². The van der Waals surface area contributed by atoms with E-state index >= 15 is 0 Å². The molecule has 2 saturated heterocycles. The minimum absolute atomic E-state index is 0.133. The first-order valence-corrected chi connectivity index (χ1v) is 12.7. The number of aromatic nitrogens is 4. The van der Waals surface area contributed by atoms with Crippen molar-refractivity contribution in [1.29, 1.82) is 0 Å².